The molecule has 4 nitrogen and oxygen atoms in total. The van der Waals surface area contributed by atoms with Gasteiger partial charge in [0.05, 0.1) is 0 Å². The summed E-state index contributed by atoms with van der Waals surface area (Å²) >= 11 is 0. The molecule has 0 amide bonds. The van der Waals surface area contributed by atoms with Gasteiger partial charge >= 0.3 is 0 Å². The second-order valence-electron chi connectivity index (χ2n) is 2.44. The van der Waals surface area contributed by atoms with Gasteiger partial charge in [0.1, 0.15) is 11.8 Å². The Balaban J connectivity index is 2.78. The number of pyridine rings is 1. The summed E-state index contributed by atoms with van der Waals surface area (Å²) in [5.41, 5.74) is 5.67. The number of alkyl halides is 2. The number of nitrogens with two attached hydrogens (primary N) is 1. The molecule has 1 rings (SSSR count). The van der Waals surface area contributed by atoms with Gasteiger partial charge in [0.15, 0.2) is 6.61 Å². The van der Waals surface area contributed by atoms with Crippen LogP contribution in [0.2, 0.25) is 0 Å². The monoisotopic (exact) mass is 199 g/mol. The number of halogens is 2. The largest absolute Gasteiger partial charge is 0.472 e. The smallest absolute Gasteiger partial charge is 0.272 e. The molecule has 1 aromatic rings. The first-order valence-electron chi connectivity index (χ1n) is 3.70. The third kappa shape index (κ3) is 2.86. The van der Waals surface area contributed by atoms with Gasteiger partial charge in [0, 0.05) is 11.8 Å². The van der Waals surface area contributed by atoms with Gasteiger partial charge in [-0.15, -0.1) is 0 Å². The van der Waals surface area contributed by atoms with E-state index in [9.17, 15) is 8.78 Å². The highest BCUT2D eigenvalue weighted by Crippen LogP contribution is 2.14. The maximum Gasteiger partial charge on any atom is 0.272 e. The predicted octanol–water partition coefficient (Wildman–Crippen LogP) is 1.18. The van der Waals surface area contributed by atoms with Crippen LogP contribution in [0.4, 0.5) is 14.5 Å². The number of hydrogen-bond donors (Lipinski definition) is 1. The molecular formula is C8H7F2N3O. The molecule has 0 atom stereocenters. The molecule has 0 radical (unpaired) electrons. The highest BCUT2D eigenvalue weighted by atomic mass is 19.3. The van der Waals surface area contributed by atoms with E-state index in [0.717, 1.165) is 0 Å². The van der Waals surface area contributed by atoms with Crippen LogP contribution in [0.15, 0.2) is 12.1 Å². The standard InChI is InChI=1S/C8H7F2N3O/c9-7(10)4-14-8-2-5(12)1-6(3-11)13-8/h1-2,7H,4H2,(H2,12,13). The lowest BCUT2D eigenvalue weighted by atomic mass is 10.3. The van der Waals surface area contributed by atoms with Crippen LogP contribution in [0, 0.1) is 11.3 Å². The van der Waals surface area contributed by atoms with E-state index in [2.05, 4.69) is 9.72 Å². The Hall–Kier alpha value is -1.90. The third-order valence-corrected chi connectivity index (χ3v) is 1.30. The van der Waals surface area contributed by atoms with Crippen molar-refractivity contribution in [3.8, 4) is 11.9 Å². The number of ether oxygens (including phenoxy) is 1. The molecule has 2 N–H and O–H groups in total. The van der Waals surface area contributed by atoms with E-state index in [1.165, 1.54) is 12.1 Å². The minimum Gasteiger partial charge on any atom is -0.472 e. The molecule has 6 heteroatoms. The average molecular weight is 199 g/mol. The van der Waals surface area contributed by atoms with Gasteiger partial charge in [0.2, 0.25) is 5.88 Å². The molecule has 0 aromatic carbocycles. The zero-order chi connectivity index (χ0) is 10.6. The van der Waals surface area contributed by atoms with Gasteiger partial charge in [-0.05, 0) is 6.07 Å². The molecule has 1 aromatic heterocycles. The number of anilines is 1. The van der Waals surface area contributed by atoms with E-state index in [1.54, 1.807) is 6.07 Å². The van der Waals surface area contributed by atoms with Crippen LogP contribution < -0.4 is 10.5 Å². The number of hydrogen-bond acceptors (Lipinski definition) is 4. The van der Waals surface area contributed by atoms with E-state index in [-0.39, 0.29) is 17.3 Å². The van der Waals surface area contributed by atoms with E-state index in [1.807, 2.05) is 0 Å². The van der Waals surface area contributed by atoms with E-state index in [0.29, 0.717) is 0 Å². The predicted molar refractivity (Wildman–Crippen MR) is 44.9 cm³/mol. The van der Waals surface area contributed by atoms with E-state index in [4.69, 9.17) is 11.0 Å². The fraction of sp³-hybridized carbons (Fsp3) is 0.250. The molecule has 0 spiro atoms. The number of nitrogens with zero attached hydrogens (tertiary/aromatic N) is 2. The van der Waals surface area contributed by atoms with Crippen LogP contribution in [-0.2, 0) is 0 Å². The summed E-state index contributed by atoms with van der Waals surface area (Å²) < 4.78 is 28.1. The van der Waals surface area contributed by atoms with Crippen LogP contribution >= 0.6 is 0 Å². The molecule has 0 aliphatic rings. The summed E-state index contributed by atoms with van der Waals surface area (Å²) in [6.45, 7) is -0.763. The number of aromatic nitrogens is 1. The average Bonchev–Trinajstić information content (AvgIpc) is 2.14. The van der Waals surface area contributed by atoms with Crippen LogP contribution in [-0.4, -0.2) is 18.0 Å². The summed E-state index contributed by atoms with van der Waals surface area (Å²) in [7, 11) is 0. The van der Waals surface area contributed by atoms with E-state index >= 15 is 0 Å². The molecular weight excluding hydrogens is 192 g/mol. The van der Waals surface area contributed by atoms with Crippen molar-refractivity contribution < 1.29 is 13.5 Å². The van der Waals surface area contributed by atoms with Crippen molar-refractivity contribution in [2.24, 2.45) is 0 Å². The fourth-order valence-corrected chi connectivity index (χ4v) is 0.805. The maximum atomic E-state index is 11.8. The Morgan fingerprint density at radius 3 is 2.86 bits per heavy atom. The van der Waals surface area contributed by atoms with Gasteiger partial charge < -0.3 is 10.5 Å². The van der Waals surface area contributed by atoms with E-state index < -0.39 is 13.0 Å². The molecule has 0 aliphatic carbocycles. The summed E-state index contributed by atoms with van der Waals surface area (Å²) in [6.07, 6.45) is -2.58. The lowest BCUT2D eigenvalue weighted by Gasteiger charge is -2.04. The highest BCUT2D eigenvalue weighted by Gasteiger charge is 2.06. The van der Waals surface area contributed by atoms with Crippen LogP contribution in [0.3, 0.4) is 0 Å². The van der Waals surface area contributed by atoms with Crippen molar-refractivity contribution in [1.82, 2.24) is 4.98 Å². The van der Waals surface area contributed by atoms with Gasteiger partial charge in [0.25, 0.3) is 6.43 Å². The Morgan fingerprint density at radius 2 is 2.29 bits per heavy atom. The van der Waals surface area contributed by atoms with Crippen molar-refractivity contribution in [1.29, 1.82) is 5.26 Å². The molecule has 1 heterocycles. The number of rotatable bonds is 3. The van der Waals surface area contributed by atoms with Gasteiger partial charge in [-0.1, -0.05) is 0 Å². The second kappa shape index (κ2) is 4.37. The summed E-state index contributed by atoms with van der Waals surface area (Å²) in [4.78, 5) is 3.63. The summed E-state index contributed by atoms with van der Waals surface area (Å²) in [5.74, 6) is -0.0677. The van der Waals surface area contributed by atoms with Crippen LogP contribution in [0.1, 0.15) is 5.69 Å². The summed E-state index contributed by atoms with van der Waals surface area (Å²) in [6, 6.07) is 4.35. The Morgan fingerprint density at radius 1 is 1.57 bits per heavy atom. The quantitative estimate of drug-likeness (QED) is 0.793. The summed E-state index contributed by atoms with van der Waals surface area (Å²) in [5, 5.41) is 8.49. The first kappa shape index (κ1) is 10.2. The van der Waals surface area contributed by atoms with Crippen molar-refractivity contribution in [3.63, 3.8) is 0 Å². The lowest BCUT2D eigenvalue weighted by molar-refractivity contribution is 0.0796. The third-order valence-electron chi connectivity index (χ3n) is 1.30. The highest BCUT2D eigenvalue weighted by molar-refractivity contribution is 5.45. The Bertz CT molecular complexity index is 362. The normalized spacial score (nSPS) is 9.86. The molecule has 74 valence electrons. The van der Waals surface area contributed by atoms with Crippen LogP contribution in [0.25, 0.3) is 0 Å². The van der Waals surface area contributed by atoms with Gasteiger partial charge in [-0.25, -0.2) is 13.8 Å². The second-order valence-corrected chi connectivity index (χ2v) is 2.44. The maximum absolute atomic E-state index is 11.8. The molecule has 0 aliphatic heterocycles. The lowest BCUT2D eigenvalue weighted by Crippen LogP contribution is -2.08. The zero-order valence-corrected chi connectivity index (χ0v) is 7.08. The molecule has 0 saturated heterocycles. The molecule has 14 heavy (non-hydrogen) atoms. The van der Waals surface area contributed by atoms with Gasteiger partial charge in [-0.3, -0.25) is 0 Å². The minimum atomic E-state index is -2.58. The van der Waals surface area contributed by atoms with Crippen molar-refractivity contribution in [2.75, 3.05) is 12.3 Å². The van der Waals surface area contributed by atoms with Crippen molar-refractivity contribution >= 4 is 5.69 Å². The van der Waals surface area contributed by atoms with Crippen LogP contribution in [0.5, 0.6) is 5.88 Å². The zero-order valence-electron chi connectivity index (χ0n) is 7.08. The first-order valence-corrected chi connectivity index (χ1v) is 3.70. The molecule has 0 saturated carbocycles. The Kier molecular flexibility index (Phi) is 3.18. The Labute approximate surface area is 78.9 Å². The fourth-order valence-electron chi connectivity index (χ4n) is 0.805. The topological polar surface area (TPSA) is 71.9 Å². The number of nitrogen functional groups attached to an aromatic ring is 1. The number of nitriles is 1. The van der Waals surface area contributed by atoms with Gasteiger partial charge in [-0.2, -0.15) is 5.26 Å². The molecule has 0 unspecified atom stereocenters. The van der Waals surface area contributed by atoms with Crippen molar-refractivity contribution in [3.05, 3.63) is 17.8 Å². The SMILES string of the molecule is N#Cc1cc(N)cc(OCC(F)F)n1. The molecule has 0 bridgehead atoms. The molecule has 0 fully saturated rings. The van der Waals surface area contributed by atoms with Crippen molar-refractivity contribution in [2.45, 2.75) is 6.43 Å². The minimum absolute atomic E-state index is 0.0364. The first-order chi connectivity index (χ1) is 6.61.